The Morgan fingerprint density at radius 1 is 0.410 bits per heavy atom. The van der Waals surface area contributed by atoms with Crippen LogP contribution in [0.5, 0.6) is 11.5 Å². The van der Waals surface area contributed by atoms with E-state index in [1.807, 2.05) is 53.9 Å². The highest BCUT2D eigenvalue weighted by Gasteiger charge is 2.10. The van der Waals surface area contributed by atoms with Crippen molar-refractivity contribution in [3.05, 3.63) is 121 Å². The summed E-state index contributed by atoms with van der Waals surface area (Å²) in [7, 11) is 1.69. The van der Waals surface area contributed by atoms with Gasteiger partial charge >= 0.3 is 0 Å². The zero-order chi connectivity index (χ0) is 26.6. The van der Waals surface area contributed by atoms with Gasteiger partial charge in [-0.3, -0.25) is 0 Å². The van der Waals surface area contributed by atoms with Crippen molar-refractivity contribution in [1.29, 1.82) is 0 Å². The van der Waals surface area contributed by atoms with Gasteiger partial charge in [-0.1, -0.05) is 72.8 Å². The van der Waals surface area contributed by atoms with Crippen molar-refractivity contribution in [3.8, 4) is 64.4 Å². The number of benzene rings is 4. The summed E-state index contributed by atoms with van der Waals surface area (Å²) in [4.78, 5) is 5.15. The van der Waals surface area contributed by atoms with E-state index < -0.39 is 0 Å². The first-order chi connectivity index (χ1) is 19.2. The molecule has 39 heavy (non-hydrogen) atoms. The molecule has 2 heterocycles. The van der Waals surface area contributed by atoms with Crippen LogP contribution in [0, 0.1) is 0 Å². The number of ether oxygens (including phenoxy) is 2. The standard InChI is InChI=1S/C35H28O2S2/c1-3-37-31-18-14-27(15-19-31)25-6-10-29(11-7-25)33-21-23-35(39-33)34-22-20-32(38-34)28-8-4-24(5-9-28)26-12-16-30(36-2)17-13-26/h4-23H,3H2,1-2H3. The average molecular weight is 545 g/mol. The molecule has 0 saturated carbocycles. The Morgan fingerprint density at radius 2 is 0.744 bits per heavy atom. The lowest BCUT2D eigenvalue weighted by Gasteiger charge is -2.06. The number of hydrogen-bond acceptors (Lipinski definition) is 4. The van der Waals surface area contributed by atoms with E-state index in [-0.39, 0.29) is 0 Å². The van der Waals surface area contributed by atoms with E-state index in [9.17, 15) is 0 Å². The minimum Gasteiger partial charge on any atom is -0.497 e. The van der Waals surface area contributed by atoms with Gasteiger partial charge in [0.25, 0.3) is 0 Å². The van der Waals surface area contributed by atoms with Crippen LogP contribution in [0.25, 0.3) is 52.9 Å². The van der Waals surface area contributed by atoms with E-state index in [4.69, 9.17) is 9.47 Å². The first-order valence-corrected chi connectivity index (χ1v) is 14.6. The van der Waals surface area contributed by atoms with Crippen LogP contribution in [0.1, 0.15) is 6.92 Å². The van der Waals surface area contributed by atoms with Gasteiger partial charge in [-0.2, -0.15) is 0 Å². The van der Waals surface area contributed by atoms with Gasteiger partial charge in [0, 0.05) is 19.5 Å². The summed E-state index contributed by atoms with van der Waals surface area (Å²) in [5.41, 5.74) is 7.28. The fraction of sp³-hybridized carbons (Fsp3) is 0.0857. The molecule has 0 aliphatic carbocycles. The van der Waals surface area contributed by atoms with Crippen molar-refractivity contribution in [2.45, 2.75) is 6.92 Å². The highest BCUT2D eigenvalue weighted by atomic mass is 32.1. The third-order valence-corrected chi connectivity index (χ3v) is 9.18. The topological polar surface area (TPSA) is 18.5 Å². The molecule has 0 bridgehead atoms. The molecule has 0 N–H and O–H groups in total. The van der Waals surface area contributed by atoms with Crippen LogP contribution in [0.2, 0.25) is 0 Å². The largest absolute Gasteiger partial charge is 0.497 e. The summed E-state index contributed by atoms with van der Waals surface area (Å²) in [6, 6.07) is 43.0. The lowest BCUT2D eigenvalue weighted by atomic mass is 10.0. The molecular weight excluding hydrogens is 517 g/mol. The summed E-state index contributed by atoms with van der Waals surface area (Å²) in [5.74, 6) is 1.78. The van der Waals surface area contributed by atoms with Crippen LogP contribution in [0.4, 0.5) is 0 Å². The van der Waals surface area contributed by atoms with Crippen molar-refractivity contribution >= 4 is 22.7 Å². The maximum atomic E-state index is 5.57. The van der Waals surface area contributed by atoms with E-state index in [1.54, 1.807) is 7.11 Å². The first kappa shape index (κ1) is 25.2. The van der Waals surface area contributed by atoms with Crippen molar-refractivity contribution in [2.75, 3.05) is 13.7 Å². The molecule has 4 heteroatoms. The number of rotatable bonds is 8. The second-order valence-corrected chi connectivity index (χ2v) is 11.3. The van der Waals surface area contributed by atoms with E-state index in [0.29, 0.717) is 6.61 Å². The summed E-state index contributed by atoms with van der Waals surface area (Å²) in [6.07, 6.45) is 0. The molecule has 6 aromatic rings. The lowest BCUT2D eigenvalue weighted by Crippen LogP contribution is -1.90. The van der Waals surface area contributed by atoms with Crippen molar-refractivity contribution in [2.24, 2.45) is 0 Å². The van der Waals surface area contributed by atoms with E-state index in [0.717, 1.165) is 11.5 Å². The Hall–Kier alpha value is -4.12. The summed E-state index contributed by atoms with van der Waals surface area (Å²) in [6.45, 7) is 2.69. The van der Waals surface area contributed by atoms with Crippen molar-refractivity contribution in [1.82, 2.24) is 0 Å². The molecule has 0 spiro atoms. The Bertz CT molecular complexity index is 1660. The highest BCUT2D eigenvalue weighted by Crippen LogP contribution is 2.41. The van der Waals surface area contributed by atoms with Gasteiger partial charge in [0.1, 0.15) is 11.5 Å². The summed E-state index contributed by atoms with van der Waals surface area (Å²) < 4.78 is 10.8. The minimum atomic E-state index is 0.683. The minimum absolute atomic E-state index is 0.683. The molecule has 0 unspecified atom stereocenters. The van der Waals surface area contributed by atoms with Crippen molar-refractivity contribution < 1.29 is 9.47 Å². The number of thiophene rings is 2. The first-order valence-electron chi connectivity index (χ1n) is 13.0. The quantitative estimate of drug-likeness (QED) is 0.190. The van der Waals surface area contributed by atoms with Crippen LogP contribution in [-0.4, -0.2) is 13.7 Å². The van der Waals surface area contributed by atoms with E-state index in [1.165, 1.54) is 52.9 Å². The smallest absolute Gasteiger partial charge is 0.119 e. The third kappa shape index (κ3) is 5.53. The average Bonchev–Trinajstić information content (AvgIpc) is 3.69. The lowest BCUT2D eigenvalue weighted by molar-refractivity contribution is 0.340. The number of hydrogen-bond donors (Lipinski definition) is 0. The number of methoxy groups -OCH3 is 1. The van der Waals surface area contributed by atoms with Gasteiger partial charge in [-0.15, -0.1) is 22.7 Å². The van der Waals surface area contributed by atoms with Crippen LogP contribution in [0.15, 0.2) is 121 Å². The van der Waals surface area contributed by atoms with Crippen LogP contribution in [-0.2, 0) is 0 Å². The fourth-order valence-electron chi connectivity index (χ4n) is 4.60. The van der Waals surface area contributed by atoms with Gasteiger partial charge < -0.3 is 9.47 Å². The van der Waals surface area contributed by atoms with E-state index in [2.05, 4.69) is 97.1 Å². The van der Waals surface area contributed by atoms with Crippen LogP contribution in [0.3, 0.4) is 0 Å². The van der Waals surface area contributed by atoms with Crippen molar-refractivity contribution in [3.63, 3.8) is 0 Å². The Morgan fingerprint density at radius 3 is 1.13 bits per heavy atom. The molecule has 4 aromatic carbocycles. The molecule has 0 radical (unpaired) electrons. The molecular formula is C35H28O2S2. The SMILES string of the molecule is CCOc1ccc(-c2ccc(-c3ccc(-c4ccc(-c5ccc(-c6ccc(OC)cc6)cc5)s4)s3)cc2)cc1. The molecule has 0 aliphatic rings. The second kappa shape index (κ2) is 11.3. The third-order valence-electron chi connectivity index (χ3n) is 6.72. The maximum Gasteiger partial charge on any atom is 0.119 e. The normalized spacial score (nSPS) is 10.9. The molecule has 6 rings (SSSR count). The molecule has 2 aromatic heterocycles. The summed E-state index contributed by atoms with van der Waals surface area (Å²) in [5, 5.41) is 0. The molecule has 192 valence electrons. The second-order valence-electron chi connectivity index (χ2n) is 9.17. The highest BCUT2D eigenvalue weighted by molar-refractivity contribution is 7.25. The van der Waals surface area contributed by atoms with Gasteiger partial charge in [0.05, 0.1) is 13.7 Å². The summed E-state index contributed by atoms with van der Waals surface area (Å²) >= 11 is 3.69. The molecule has 0 amide bonds. The van der Waals surface area contributed by atoms with Gasteiger partial charge in [0.15, 0.2) is 0 Å². The molecule has 0 atom stereocenters. The Kier molecular flexibility index (Phi) is 7.31. The maximum absolute atomic E-state index is 5.57. The van der Waals surface area contributed by atoms with Crippen LogP contribution >= 0.6 is 22.7 Å². The van der Waals surface area contributed by atoms with Gasteiger partial charge in [-0.25, -0.2) is 0 Å². The monoisotopic (exact) mass is 544 g/mol. The Balaban J connectivity index is 1.16. The van der Waals surface area contributed by atoms with Crippen LogP contribution < -0.4 is 9.47 Å². The zero-order valence-electron chi connectivity index (χ0n) is 21.9. The van der Waals surface area contributed by atoms with Gasteiger partial charge in [0.2, 0.25) is 0 Å². The molecule has 0 saturated heterocycles. The van der Waals surface area contributed by atoms with Gasteiger partial charge in [-0.05, 0) is 88.8 Å². The fourth-order valence-corrected chi connectivity index (χ4v) is 6.71. The predicted molar refractivity (Wildman–Crippen MR) is 167 cm³/mol. The predicted octanol–water partition coefficient (Wildman–Crippen LogP) is 10.6. The molecule has 2 nitrogen and oxygen atoms in total. The molecule has 0 aliphatic heterocycles. The van der Waals surface area contributed by atoms with E-state index >= 15 is 0 Å². The molecule has 0 fully saturated rings. The zero-order valence-corrected chi connectivity index (χ0v) is 23.5. The Labute approximate surface area is 237 Å².